The second-order valence-corrected chi connectivity index (χ2v) is 4.49. The Bertz CT molecular complexity index is 410. The Morgan fingerprint density at radius 3 is 2.67 bits per heavy atom. The standard InChI is InChI=1S/C12H14N2O/c13-11-4-2-1-3-8(11)7-14-10-5-9(6-10)12(14)15/h1-4,9-10H,5-7,13H2. The van der Waals surface area contributed by atoms with Gasteiger partial charge in [-0.3, -0.25) is 4.79 Å². The molecular weight excluding hydrogens is 188 g/mol. The van der Waals surface area contributed by atoms with Crippen molar-refractivity contribution in [1.82, 2.24) is 4.90 Å². The van der Waals surface area contributed by atoms with Gasteiger partial charge in [-0.2, -0.15) is 0 Å². The number of rotatable bonds is 2. The average molecular weight is 202 g/mol. The molecule has 0 unspecified atom stereocenters. The van der Waals surface area contributed by atoms with Crippen LogP contribution in [0.2, 0.25) is 0 Å². The molecule has 15 heavy (non-hydrogen) atoms. The first-order chi connectivity index (χ1) is 7.25. The SMILES string of the molecule is Nc1ccccc1CN1C(=O)C2CC1C2. The minimum absolute atomic E-state index is 0.319. The van der Waals surface area contributed by atoms with Crippen LogP contribution < -0.4 is 5.73 Å². The van der Waals surface area contributed by atoms with Crippen LogP contribution in [0.15, 0.2) is 24.3 Å². The van der Waals surface area contributed by atoms with Crippen molar-refractivity contribution in [3.05, 3.63) is 29.8 Å². The van der Waals surface area contributed by atoms with Crippen molar-refractivity contribution in [2.24, 2.45) is 5.92 Å². The van der Waals surface area contributed by atoms with Crippen molar-refractivity contribution in [3.63, 3.8) is 0 Å². The lowest BCUT2D eigenvalue weighted by Gasteiger charge is -2.25. The summed E-state index contributed by atoms with van der Waals surface area (Å²) in [5.41, 5.74) is 7.72. The van der Waals surface area contributed by atoms with Crippen LogP contribution in [0.25, 0.3) is 0 Å². The lowest BCUT2D eigenvalue weighted by Crippen LogP contribution is -2.29. The number of nitrogens with zero attached hydrogens (tertiary/aromatic N) is 1. The second-order valence-electron chi connectivity index (χ2n) is 4.49. The highest BCUT2D eigenvalue weighted by atomic mass is 16.2. The molecule has 0 atom stereocenters. The molecule has 1 aliphatic carbocycles. The predicted octanol–water partition coefficient (Wildman–Crippen LogP) is 1.39. The minimum Gasteiger partial charge on any atom is -0.398 e. The Morgan fingerprint density at radius 2 is 2.07 bits per heavy atom. The van der Waals surface area contributed by atoms with Crippen LogP contribution in [-0.2, 0) is 11.3 Å². The molecule has 4 rings (SSSR count). The molecule has 0 radical (unpaired) electrons. The molecule has 3 nitrogen and oxygen atoms in total. The number of hydrogen-bond acceptors (Lipinski definition) is 2. The van der Waals surface area contributed by atoms with E-state index >= 15 is 0 Å². The zero-order valence-electron chi connectivity index (χ0n) is 8.52. The average Bonchev–Trinajstić information content (AvgIpc) is 2.60. The molecule has 1 aromatic rings. The maximum Gasteiger partial charge on any atom is 0.226 e. The van der Waals surface area contributed by atoms with Gasteiger partial charge < -0.3 is 10.6 Å². The summed E-state index contributed by atoms with van der Waals surface area (Å²) in [5.74, 6) is 0.642. The van der Waals surface area contributed by atoms with Crippen LogP contribution in [-0.4, -0.2) is 16.8 Å². The number of fused-ring (bicyclic) bond motifs is 1. The first kappa shape index (κ1) is 8.77. The van der Waals surface area contributed by atoms with Gasteiger partial charge in [0.2, 0.25) is 5.91 Å². The van der Waals surface area contributed by atoms with E-state index in [-0.39, 0.29) is 0 Å². The zero-order chi connectivity index (χ0) is 10.4. The Kier molecular flexibility index (Phi) is 1.75. The summed E-state index contributed by atoms with van der Waals surface area (Å²) in [7, 11) is 0. The number of amides is 1. The molecule has 78 valence electrons. The van der Waals surface area contributed by atoms with Crippen LogP contribution in [0.1, 0.15) is 18.4 Å². The Labute approximate surface area is 88.9 Å². The van der Waals surface area contributed by atoms with E-state index in [9.17, 15) is 4.79 Å². The maximum atomic E-state index is 11.7. The molecule has 2 saturated heterocycles. The number of nitrogens with two attached hydrogens (primary N) is 1. The fourth-order valence-corrected chi connectivity index (χ4v) is 2.53. The van der Waals surface area contributed by atoms with E-state index in [1.807, 2.05) is 29.2 Å². The van der Waals surface area contributed by atoms with E-state index in [0.717, 1.165) is 24.1 Å². The lowest BCUT2D eigenvalue weighted by molar-refractivity contribution is -0.129. The molecular formula is C12H14N2O. The normalized spacial score (nSPS) is 28.0. The van der Waals surface area contributed by atoms with Gasteiger partial charge in [-0.05, 0) is 24.5 Å². The number of benzene rings is 1. The van der Waals surface area contributed by atoms with E-state index in [2.05, 4.69) is 0 Å². The maximum absolute atomic E-state index is 11.7. The molecule has 0 spiro atoms. The molecule has 0 aromatic heterocycles. The highest BCUT2D eigenvalue weighted by Crippen LogP contribution is 2.42. The Morgan fingerprint density at radius 1 is 1.33 bits per heavy atom. The van der Waals surface area contributed by atoms with Gasteiger partial charge in [-0.15, -0.1) is 0 Å². The van der Waals surface area contributed by atoms with Crippen LogP contribution in [0, 0.1) is 5.92 Å². The largest absolute Gasteiger partial charge is 0.398 e. The quantitative estimate of drug-likeness (QED) is 0.737. The minimum atomic E-state index is 0.319. The fraction of sp³-hybridized carbons (Fsp3) is 0.417. The number of nitrogen functional groups attached to an aromatic ring is 1. The van der Waals surface area contributed by atoms with Gasteiger partial charge >= 0.3 is 0 Å². The third-order valence-corrected chi connectivity index (χ3v) is 3.58. The first-order valence-electron chi connectivity index (χ1n) is 5.39. The monoisotopic (exact) mass is 202 g/mol. The molecule has 2 N–H and O–H groups in total. The van der Waals surface area contributed by atoms with E-state index in [4.69, 9.17) is 5.73 Å². The predicted molar refractivity (Wildman–Crippen MR) is 57.9 cm³/mol. The molecule has 3 aliphatic rings. The zero-order valence-corrected chi connectivity index (χ0v) is 8.52. The van der Waals surface area contributed by atoms with Crippen LogP contribution in [0.5, 0.6) is 0 Å². The van der Waals surface area contributed by atoms with Gasteiger partial charge in [0.15, 0.2) is 0 Å². The fourth-order valence-electron chi connectivity index (χ4n) is 2.53. The van der Waals surface area contributed by atoms with Crippen molar-refractivity contribution >= 4 is 11.6 Å². The second kappa shape index (κ2) is 2.99. The number of para-hydroxylation sites is 1. The van der Waals surface area contributed by atoms with E-state index in [1.54, 1.807) is 0 Å². The topological polar surface area (TPSA) is 46.3 Å². The number of anilines is 1. The summed E-state index contributed by atoms with van der Waals surface area (Å²) < 4.78 is 0. The molecule has 2 bridgehead atoms. The van der Waals surface area contributed by atoms with E-state index < -0.39 is 0 Å². The molecule has 1 amide bonds. The summed E-state index contributed by atoms with van der Waals surface area (Å²) in [4.78, 5) is 13.7. The van der Waals surface area contributed by atoms with Gasteiger partial charge in [-0.25, -0.2) is 0 Å². The molecule has 2 aliphatic heterocycles. The smallest absolute Gasteiger partial charge is 0.226 e. The van der Waals surface area contributed by atoms with Gasteiger partial charge in [-0.1, -0.05) is 18.2 Å². The van der Waals surface area contributed by atoms with Gasteiger partial charge in [0.25, 0.3) is 0 Å². The third kappa shape index (κ3) is 1.23. The first-order valence-corrected chi connectivity index (χ1v) is 5.39. The molecule has 3 fully saturated rings. The summed E-state index contributed by atoms with van der Waals surface area (Å²) in [6, 6.07) is 8.27. The summed E-state index contributed by atoms with van der Waals surface area (Å²) in [6.45, 7) is 0.687. The third-order valence-electron chi connectivity index (χ3n) is 3.58. The molecule has 2 heterocycles. The van der Waals surface area contributed by atoms with Crippen LogP contribution in [0.4, 0.5) is 5.69 Å². The molecule has 1 aromatic carbocycles. The van der Waals surface area contributed by atoms with Crippen LogP contribution >= 0.6 is 0 Å². The summed E-state index contributed by atoms with van der Waals surface area (Å²) in [6.07, 6.45) is 2.12. The highest BCUT2D eigenvalue weighted by molar-refractivity contribution is 5.84. The molecule has 1 saturated carbocycles. The number of hydrogen-bond donors (Lipinski definition) is 1. The van der Waals surface area contributed by atoms with Crippen molar-refractivity contribution in [3.8, 4) is 0 Å². The van der Waals surface area contributed by atoms with Gasteiger partial charge in [0.05, 0.1) is 0 Å². The van der Waals surface area contributed by atoms with E-state index in [1.165, 1.54) is 0 Å². The summed E-state index contributed by atoms with van der Waals surface area (Å²) in [5, 5.41) is 0. The molecule has 3 heteroatoms. The van der Waals surface area contributed by atoms with Crippen LogP contribution in [0.3, 0.4) is 0 Å². The van der Waals surface area contributed by atoms with Crippen molar-refractivity contribution in [2.45, 2.75) is 25.4 Å². The Balaban J connectivity index is 1.81. The Hall–Kier alpha value is -1.51. The summed E-state index contributed by atoms with van der Waals surface area (Å²) >= 11 is 0. The van der Waals surface area contributed by atoms with Crippen molar-refractivity contribution in [2.75, 3.05) is 5.73 Å². The van der Waals surface area contributed by atoms with Crippen molar-refractivity contribution < 1.29 is 4.79 Å². The van der Waals surface area contributed by atoms with Crippen molar-refractivity contribution in [1.29, 1.82) is 0 Å². The number of carbonyl (C=O) groups is 1. The lowest BCUT2D eigenvalue weighted by atomic mass is 9.86. The van der Waals surface area contributed by atoms with Gasteiger partial charge in [0.1, 0.15) is 0 Å². The van der Waals surface area contributed by atoms with Gasteiger partial charge in [0, 0.05) is 24.2 Å². The number of carbonyl (C=O) groups excluding carboxylic acids is 1. The highest BCUT2D eigenvalue weighted by Gasteiger charge is 2.49. The van der Waals surface area contributed by atoms with E-state index in [0.29, 0.717) is 24.4 Å².